The van der Waals surface area contributed by atoms with Crippen LogP contribution in [0.2, 0.25) is 0 Å². The molecular formula is C17H24BN2O5P. The monoisotopic (exact) mass is 378 g/mol. The van der Waals surface area contributed by atoms with Crippen molar-refractivity contribution in [1.29, 1.82) is 0 Å². The Morgan fingerprint density at radius 2 is 2.00 bits per heavy atom. The first-order valence-electron chi connectivity index (χ1n) is 8.65. The van der Waals surface area contributed by atoms with Gasteiger partial charge in [0.25, 0.3) is 0 Å². The third-order valence-electron chi connectivity index (χ3n) is 4.56. The molecule has 1 aromatic carbocycles. The number of aliphatic hydroxyl groups is 2. The molecular weight excluding hydrogens is 354 g/mol. The maximum atomic E-state index is 10.1. The van der Waals surface area contributed by atoms with Gasteiger partial charge in [0, 0.05) is 24.5 Å². The summed E-state index contributed by atoms with van der Waals surface area (Å²) in [6.07, 6.45) is 1.41. The molecule has 0 aromatic heterocycles. The fraction of sp³-hybridized carbons (Fsp3) is 0.412. The van der Waals surface area contributed by atoms with Crippen molar-refractivity contribution in [3.63, 3.8) is 0 Å². The van der Waals surface area contributed by atoms with Gasteiger partial charge in [-0.1, -0.05) is 41.8 Å². The summed E-state index contributed by atoms with van der Waals surface area (Å²) in [5.41, 5.74) is 1.98. The van der Waals surface area contributed by atoms with Crippen LogP contribution in [0.25, 0.3) is 0 Å². The molecule has 0 amide bonds. The van der Waals surface area contributed by atoms with Gasteiger partial charge in [-0.15, -0.1) is 0 Å². The Morgan fingerprint density at radius 3 is 2.65 bits per heavy atom. The zero-order valence-corrected chi connectivity index (χ0v) is 15.2. The Labute approximate surface area is 154 Å². The number of aliphatic hydroxyl groups excluding tert-OH is 2. The summed E-state index contributed by atoms with van der Waals surface area (Å²) in [7, 11) is -2.04. The summed E-state index contributed by atoms with van der Waals surface area (Å²) >= 11 is 0. The van der Waals surface area contributed by atoms with E-state index in [-0.39, 0.29) is 25.9 Å². The predicted molar refractivity (Wildman–Crippen MR) is 101 cm³/mol. The SMILES string of the molecule is OC1C[C@@H](NC2=CNB(c3ccccc3)C=C2)OC(CCP(O)O)[C@H]1O. The van der Waals surface area contributed by atoms with Crippen molar-refractivity contribution in [3.8, 4) is 0 Å². The number of nitrogens with one attached hydrogen (secondary N) is 2. The van der Waals surface area contributed by atoms with Crippen LogP contribution in [0.15, 0.2) is 54.3 Å². The quantitative estimate of drug-likeness (QED) is 0.293. The van der Waals surface area contributed by atoms with Crippen molar-refractivity contribution >= 4 is 20.7 Å². The molecule has 0 saturated carbocycles. The van der Waals surface area contributed by atoms with Crippen LogP contribution in [0.5, 0.6) is 0 Å². The Hall–Kier alpha value is -1.41. The minimum Gasteiger partial charge on any atom is -0.425 e. The van der Waals surface area contributed by atoms with Gasteiger partial charge in [-0.2, -0.15) is 0 Å². The van der Waals surface area contributed by atoms with Crippen molar-refractivity contribution in [1.82, 2.24) is 10.5 Å². The highest BCUT2D eigenvalue weighted by molar-refractivity contribution is 7.45. The Morgan fingerprint density at radius 1 is 1.23 bits per heavy atom. The number of allylic oxidation sites excluding steroid dienone is 1. The molecule has 0 spiro atoms. The third kappa shape index (κ3) is 5.07. The highest BCUT2D eigenvalue weighted by atomic mass is 31.2. The van der Waals surface area contributed by atoms with E-state index in [2.05, 4.69) is 22.7 Å². The molecule has 1 saturated heterocycles. The van der Waals surface area contributed by atoms with Crippen LogP contribution in [0.4, 0.5) is 0 Å². The van der Waals surface area contributed by atoms with Gasteiger partial charge in [0.1, 0.15) is 12.3 Å². The van der Waals surface area contributed by atoms with Gasteiger partial charge in [-0.05, 0) is 12.5 Å². The largest absolute Gasteiger partial charge is 0.425 e. The van der Waals surface area contributed by atoms with Gasteiger partial charge in [0.15, 0.2) is 8.38 Å². The summed E-state index contributed by atoms with van der Waals surface area (Å²) in [4.78, 5) is 18.1. The molecule has 2 aliphatic rings. The van der Waals surface area contributed by atoms with Gasteiger partial charge in [-0.25, -0.2) is 0 Å². The molecule has 9 heteroatoms. The molecule has 6 N–H and O–H groups in total. The Kier molecular flexibility index (Phi) is 6.70. The highest BCUT2D eigenvalue weighted by Gasteiger charge is 2.37. The van der Waals surface area contributed by atoms with Crippen LogP contribution >= 0.6 is 8.38 Å². The van der Waals surface area contributed by atoms with E-state index in [1.54, 1.807) is 0 Å². The van der Waals surface area contributed by atoms with Gasteiger partial charge >= 0.3 is 6.85 Å². The Balaban J connectivity index is 1.55. The minimum absolute atomic E-state index is 0.0996. The molecule has 1 aromatic rings. The molecule has 2 aliphatic heterocycles. The molecule has 4 atom stereocenters. The van der Waals surface area contributed by atoms with Crippen LogP contribution < -0.4 is 16.0 Å². The summed E-state index contributed by atoms with van der Waals surface area (Å²) in [6.45, 7) is 0.0996. The number of rotatable bonds is 6. The summed E-state index contributed by atoms with van der Waals surface area (Å²) in [5.74, 6) is 2.04. The second-order valence-electron chi connectivity index (χ2n) is 6.50. The average molecular weight is 378 g/mol. The first-order valence-corrected chi connectivity index (χ1v) is 10.1. The lowest BCUT2D eigenvalue weighted by Gasteiger charge is -2.38. The normalized spacial score (nSPS) is 28.7. The minimum atomic E-state index is -2.04. The molecule has 2 heterocycles. The van der Waals surface area contributed by atoms with Crippen molar-refractivity contribution in [2.24, 2.45) is 0 Å². The van der Waals surface area contributed by atoms with Crippen LogP contribution in [0.3, 0.4) is 0 Å². The smallest absolute Gasteiger partial charge is 0.313 e. The van der Waals surface area contributed by atoms with E-state index in [4.69, 9.17) is 14.5 Å². The van der Waals surface area contributed by atoms with E-state index in [1.807, 2.05) is 36.5 Å². The molecule has 140 valence electrons. The molecule has 0 radical (unpaired) electrons. The summed E-state index contributed by atoms with van der Waals surface area (Å²) in [6, 6.07) is 10.1. The van der Waals surface area contributed by atoms with Crippen LogP contribution in [-0.4, -0.2) is 57.5 Å². The highest BCUT2D eigenvalue weighted by Crippen LogP contribution is 2.29. The van der Waals surface area contributed by atoms with E-state index < -0.39 is 32.9 Å². The second kappa shape index (κ2) is 8.99. The first kappa shape index (κ1) is 19.4. The second-order valence-corrected chi connectivity index (χ2v) is 7.69. The van der Waals surface area contributed by atoms with E-state index >= 15 is 0 Å². The van der Waals surface area contributed by atoms with E-state index in [9.17, 15) is 10.2 Å². The lowest BCUT2D eigenvalue weighted by atomic mass is 9.55. The maximum absolute atomic E-state index is 10.1. The molecule has 0 aliphatic carbocycles. The number of hydrogen-bond acceptors (Lipinski definition) is 7. The lowest BCUT2D eigenvalue weighted by molar-refractivity contribution is -0.174. The molecule has 1 fully saturated rings. The van der Waals surface area contributed by atoms with Crippen molar-refractivity contribution in [3.05, 3.63) is 54.3 Å². The molecule has 0 bridgehead atoms. The zero-order chi connectivity index (χ0) is 18.5. The van der Waals surface area contributed by atoms with E-state index in [1.165, 1.54) is 0 Å². The molecule has 2 unspecified atom stereocenters. The van der Waals surface area contributed by atoms with Gasteiger partial charge in [0.2, 0.25) is 0 Å². The Bertz CT molecular complexity index is 645. The average Bonchev–Trinajstić information content (AvgIpc) is 2.64. The number of hydrogen-bond donors (Lipinski definition) is 6. The van der Waals surface area contributed by atoms with Gasteiger partial charge in [0.05, 0.1) is 12.2 Å². The zero-order valence-electron chi connectivity index (χ0n) is 14.3. The fourth-order valence-electron chi connectivity index (χ4n) is 3.15. The topological polar surface area (TPSA) is 114 Å². The standard InChI is InChI=1S/C17H24BN2O5P/c21-14-10-16(25-15(17(14)22)7-9-26(23)24)20-13-6-8-18(19-11-13)12-4-2-1-3-5-12/h1-6,8,11,14-17,19-24H,7,9-10H2/t14?,15?,16-,17-/m0/s1. The fourth-order valence-corrected chi connectivity index (χ4v) is 3.64. The van der Waals surface area contributed by atoms with Gasteiger partial charge < -0.3 is 35.3 Å². The number of benzene rings is 1. The molecule has 3 rings (SSSR count). The van der Waals surface area contributed by atoms with Crippen LogP contribution in [-0.2, 0) is 4.74 Å². The van der Waals surface area contributed by atoms with Crippen molar-refractivity contribution in [2.75, 3.05) is 6.16 Å². The lowest BCUT2D eigenvalue weighted by Crippen LogP contribution is -2.53. The number of ether oxygens (including phenoxy) is 1. The van der Waals surface area contributed by atoms with Crippen molar-refractivity contribution in [2.45, 2.75) is 37.4 Å². The molecule has 7 nitrogen and oxygen atoms in total. The third-order valence-corrected chi connectivity index (χ3v) is 5.21. The summed E-state index contributed by atoms with van der Waals surface area (Å²) < 4.78 is 5.80. The predicted octanol–water partition coefficient (Wildman–Crippen LogP) is -0.462. The summed E-state index contributed by atoms with van der Waals surface area (Å²) in [5, 5.41) is 26.6. The maximum Gasteiger partial charge on any atom is 0.313 e. The van der Waals surface area contributed by atoms with Crippen molar-refractivity contribution < 1.29 is 24.7 Å². The molecule has 26 heavy (non-hydrogen) atoms. The van der Waals surface area contributed by atoms with Gasteiger partial charge in [-0.3, -0.25) is 0 Å². The van der Waals surface area contributed by atoms with E-state index in [0.717, 1.165) is 11.2 Å². The van der Waals surface area contributed by atoms with Crippen LogP contribution in [0, 0.1) is 0 Å². The van der Waals surface area contributed by atoms with E-state index in [0.29, 0.717) is 0 Å². The van der Waals surface area contributed by atoms with Crippen LogP contribution in [0.1, 0.15) is 12.8 Å². The first-order chi connectivity index (χ1) is 12.5.